The molecule has 108 valence electrons. The zero-order valence-corrected chi connectivity index (χ0v) is 14.5. The fourth-order valence-electron chi connectivity index (χ4n) is 1.85. The number of hydrogen-bond donors (Lipinski definition) is 0. The Balaban J connectivity index is 3.19. The highest BCUT2D eigenvalue weighted by Gasteiger charge is 2.03. The van der Waals surface area contributed by atoms with Gasteiger partial charge in [-0.2, -0.15) is 0 Å². The van der Waals surface area contributed by atoms with Crippen molar-refractivity contribution in [3.63, 3.8) is 0 Å². The van der Waals surface area contributed by atoms with Crippen LogP contribution >= 0.6 is 22.6 Å². The number of halogens is 1. The summed E-state index contributed by atoms with van der Waals surface area (Å²) in [4.78, 5) is 0. The van der Waals surface area contributed by atoms with E-state index in [1.165, 1.54) is 57.8 Å². The smallest absolute Gasteiger partial charge is 0.0647 e. The average molecular weight is 366 g/mol. The van der Waals surface area contributed by atoms with Gasteiger partial charge in [0.15, 0.2) is 0 Å². The van der Waals surface area contributed by atoms with Crippen LogP contribution in [0.4, 0.5) is 0 Å². The van der Waals surface area contributed by atoms with Crippen molar-refractivity contribution >= 4 is 22.6 Å². The highest BCUT2D eigenvalue weighted by molar-refractivity contribution is 14.1. The molecule has 0 aromatic rings. The van der Waals surface area contributed by atoms with E-state index in [0.29, 0.717) is 3.92 Å². The van der Waals surface area contributed by atoms with Crippen molar-refractivity contribution in [2.24, 2.45) is 0 Å². The first-order valence-electron chi connectivity index (χ1n) is 7.68. The molecule has 0 heterocycles. The molecule has 0 aliphatic heterocycles. The van der Waals surface area contributed by atoms with Crippen molar-refractivity contribution in [2.45, 2.75) is 75.6 Å². The maximum atomic E-state index is 5.64. The average Bonchev–Trinajstić information content (AvgIpc) is 2.38. The molecular weight excluding hydrogens is 335 g/mol. The number of allylic oxidation sites excluding steroid dienone is 1. The molecule has 0 fully saturated rings. The standard InChI is InChI=1S/C16H31IO/c1-3-5-7-9-10-11-13-16(17)15-18-14-12-8-6-4-2/h8,12,16H,3-7,9-11,13-15H2,1-2H3/b12-8+. The quantitative estimate of drug-likeness (QED) is 0.170. The van der Waals surface area contributed by atoms with Crippen LogP contribution in [0.2, 0.25) is 0 Å². The number of ether oxygens (including phenoxy) is 1. The lowest BCUT2D eigenvalue weighted by molar-refractivity contribution is 0.164. The molecule has 1 atom stereocenters. The molecule has 0 aromatic carbocycles. The molecule has 2 heteroatoms. The Labute approximate surface area is 128 Å². The molecule has 0 aliphatic carbocycles. The number of hydrogen-bond acceptors (Lipinski definition) is 1. The third-order valence-electron chi connectivity index (χ3n) is 3.01. The normalized spacial score (nSPS) is 13.3. The Morgan fingerprint density at radius 3 is 2.39 bits per heavy atom. The molecule has 0 saturated heterocycles. The Kier molecular flexibility index (Phi) is 15.9. The van der Waals surface area contributed by atoms with Crippen molar-refractivity contribution in [3.8, 4) is 0 Å². The fourth-order valence-corrected chi connectivity index (χ4v) is 2.54. The lowest BCUT2D eigenvalue weighted by Crippen LogP contribution is -2.08. The highest BCUT2D eigenvalue weighted by atomic mass is 127. The summed E-state index contributed by atoms with van der Waals surface area (Å²) in [7, 11) is 0. The van der Waals surface area contributed by atoms with Gasteiger partial charge in [0, 0.05) is 3.92 Å². The van der Waals surface area contributed by atoms with Gasteiger partial charge in [-0.05, 0) is 12.8 Å². The van der Waals surface area contributed by atoms with Crippen LogP contribution in [0.1, 0.15) is 71.6 Å². The van der Waals surface area contributed by atoms with Gasteiger partial charge in [0.05, 0.1) is 13.2 Å². The first-order valence-corrected chi connectivity index (χ1v) is 8.92. The van der Waals surface area contributed by atoms with E-state index in [-0.39, 0.29) is 0 Å². The van der Waals surface area contributed by atoms with E-state index in [1.54, 1.807) is 0 Å². The number of unbranched alkanes of at least 4 members (excludes halogenated alkanes) is 6. The molecule has 0 aromatic heterocycles. The first-order chi connectivity index (χ1) is 8.81. The third kappa shape index (κ3) is 14.5. The summed E-state index contributed by atoms with van der Waals surface area (Å²) in [6.45, 7) is 6.17. The summed E-state index contributed by atoms with van der Waals surface area (Å²) in [6, 6.07) is 0. The van der Waals surface area contributed by atoms with Crippen LogP contribution in [-0.2, 0) is 4.74 Å². The summed E-state index contributed by atoms with van der Waals surface area (Å²) < 4.78 is 6.33. The van der Waals surface area contributed by atoms with E-state index in [1.807, 2.05) is 0 Å². The second-order valence-corrected chi connectivity index (χ2v) is 6.71. The lowest BCUT2D eigenvalue weighted by Gasteiger charge is -2.09. The minimum absolute atomic E-state index is 0.688. The van der Waals surface area contributed by atoms with Gasteiger partial charge in [0.25, 0.3) is 0 Å². The van der Waals surface area contributed by atoms with Crippen LogP contribution in [0.3, 0.4) is 0 Å². The number of rotatable bonds is 13. The van der Waals surface area contributed by atoms with Crippen molar-refractivity contribution < 1.29 is 4.74 Å². The topological polar surface area (TPSA) is 9.23 Å². The monoisotopic (exact) mass is 366 g/mol. The van der Waals surface area contributed by atoms with Crippen molar-refractivity contribution in [2.75, 3.05) is 13.2 Å². The van der Waals surface area contributed by atoms with E-state index in [2.05, 4.69) is 48.6 Å². The van der Waals surface area contributed by atoms with E-state index < -0.39 is 0 Å². The SMILES string of the molecule is CCC/C=C/COCC(I)CCCCCCCC. The Morgan fingerprint density at radius 2 is 1.67 bits per heavy atom. The summed E-state index contributed by atoms with van der Waals surface area (Å²) in [5.41, 5.74) is 0. The molecule has 0 radical (unpaired) electrons. The van der Waals surface area contributed by atoms with Gasteiger partial charge in [0.2, 0.25) is 0 Å². The Morgan fingerprint density at radius 1 is 0.944 bits per heavy atom. The van der Waals surface area contributed by atoms with E-state index in [0.717, 1.165) is 13.2 Å². The molecule has 1 nitrogen and oxygen atoms in total. The maximum Gasteiger partial charge on any atom is 0.0647 e. The first kappa shape index (κ1) is 18.4. The summed E-state index contributed by atoms with van der Waals surface area (Å²) >= 11 is 2.53. The van der Waals surface area contributed by atoms with Crippen molar-refractivity contribution in [3.05, 3.63) is 12.2 Å². The third-order valence-corrected chi connectivity index (χ3v) is 3.99. The molecule has 0 aliphatic rings. The Hall–Kier alpha value is 0.430. The molecule has 0 bridgehead atoms. The van der Waals surface area contributed by atoms with Crippen molar-refractivity contribution in [1.82, 2.24) is 0 Å². The lowest BCUT2D eigenvalue weighted by atomic mass is 10.1. The van der Waals surface area contributed by atoms with Gasteiger partial charge in [-0.15, -0.1) is 0 Å². The second-order valence-electron chi connectivity index (χ2n) is 4.95. The molecule has 0 rings (SSSR count). The second kappa shape index (κ2) is 15.5. The number of alkyl halides is 1. The van der Waals surface area contributed by atoms with Gasteiger partial charge in [-0.1, -0.05) is 93.5 Å². The minimum Gasteiger partial charge on any atom is -0.376 e. The van der Waals surface area contributed by atoms with Gasteiger partial charge in [-0.25, -0.2) is 0 Å². The summed E-state index contributed by atoms with van der Waals surface area (Å²) in [5.74, 6) is 0. The molecule has 0 N–H and O–H groups in total. The van der Waals surface area contributed by atoms with Crippen LogP contribution in [0.25, 0.3) is 0 Å². The van der Waals surface area contributed by atoms with Crippen molar-refractivity contribution in [1.29, 1.82) is 0 Å². The zero-order chi connectivity index (χ0) is 13.5. The fraction of sp³-hybridized carbons (Fsp3) is 0.875. The molecule has 0 amide bonds. The molecule has 0 saturated carbocycles. The van der Waals surface area contributed by atoms with Crippen LogP contribution in [0.15, 0.2) is 12.2 Å². The largest absolute Gasteiger partial charge is 0.376 e. The van der Waals surface area contributed by atoms with Crippen LogP contribution in [0.5, 0.6) is 0 Å². The minimum atomic E-state index is 0.688. The van der Waals surface area contributed by atoms with Crippen LogP contribution in [0, 0.1) is 0 Å². The molecule has 0 spiro atoms. The summed E-state index contributed by atoms with van der Waals surface area (Å²) in [6.07, 6.45) is 16.4. The van der Waals surface area contributed by atoms with Crippen LogP contribution in [-0.4, -0.2) is 17.1 Å². The molecule has 18 heavy (non-hydrogen) atoms. The highest BCUT2D eigenvalue weighted by Crippen LogP contribution is 2.14. The van der Waals surface area contributed by atoms with Gasteiger partial charge >= 0.3 is 0 Å². The summed E-state index contributed by atoms with van der Waals surface area (Å²) in [5, 5.41) is 0. The molecule has 1 unspecified atom stereocenters. The van der Waals surface area contributed by atoms with E-state index >= 15 is 0 Å². The zero-order valence-electron chi connectivity index (χ0n) is 12.3. The Bertz CT molecular complexity index is 180. The van der Waals surface area contributed by atoms with Gasteiger partial charge < -0.3 is 4.74 Å². The van der Waals surface area contributed by atoms with E-state index in [9.17, 15) is 0 Å². The maximum absolute atomic E-state index is 5.64. The van der Waals surface area contributed by atoms with Crippen LogP contribution < -0.4 is 0 Å². The predicted molar refractivity (Wildman–Crippen MR) is 90.7 cm³/mol. The van der Waals surface area contributed by atoms with E-state index in [4.69, 9.17) is 4.74 Å². The molecular formula is C16H31IO. The van der Waals surface area contributed by atoms with Gasteiger partial charge in [-0.3, -0.25) is 0 Å². The predicted octanol–water partition coefficient (Wildman–Crippen LogP) is 5.91. The van der Waals surface area contributed by atoms with Gasteiger partial charge in [0.1, 0.15) is 0 Å².